The summed E-state index contributed by atoms with van der Waals surface area (Å²) in [5.41, 5.74) is 9.69. The van der Waals surface area contributed by atoms with Crippen LogP contribution in [0.4, 0.5) is 5.69 Å². The zero-order chi connectivity index (χ0) is 13.1. The SMILES string of the molecule is NCCc1ccc(N(Cc2ccsc2)C2CC2)cc1. The van der Waals surface area contributed by atoms with Crippen molar-refractivity contribution < 1.29 is 0 Å². The van der Waals surface area contributed by atoms with Crippen molar-refractivity contribution in [2.75, 3.05) is 11.4 Å². The van der Waals surface area contributed by atoms with Gasteiger partial charge in [0.05, 0.1) is 0 Å². The summed E-state index contributed by atoms with van der Waals surface area (Å²) in [7, 11) is 0. The molecule has 19 heavy (non-hydrogen) atoms. The summed E-state index contributed by atoms with van der Waals surface area (Å²) in [6, 6.07) is 11.9. The van der Waals surface area contributed by atoms with E-state index in [1.807, 2.05) is 0 Å². The first-order chi connectivity index (χ1) is 9.36. The maximum Gasteiger partial charge on any atom is 0.0440 e. The van der Waals surface area contributed by atoms with Gasteiger partial charge in [-0.15, -0.1) is 0 Å². The van der Waals surface area contributed by atoms with Crippen LogP contribution in [0.3, 0.4) is 0 Å². The molecule has 0 radical (unpaired) electrons. The molecule has 0 unspecified atom stereocenters. The molecule has 0 atom stereocenters. The Bertz CT molecular complexity index is 500. The van der Waals surface area contributed by atoms with Gasteiger partial charge >= 0.3 is 0 Å². The summed E-state index contributed by atoms with van der Waals surface area (Å²) in [5.74, 6) is 0. The summed E-state index contributed by atoms with van der Waals surface area (Å²) >= 11 is 1.78. The van der Waals surface area contributed by atoms with Gasteiger partial charge in [-0.2, -0.15) is 11.3 Å². The molecule has 100 valence electrons. The van der Waals surface area contributed by atoms with Crippen molar-refractivity contribution in [3.63, 3.8) is 0 Å². The normalized spacial score (nSPS) is 14.6. The second-order valence-electron chi connectivity index (χ2n) is 5.20. The maximum absolute atomic E-state index is 5.60. The van der Waals surface area contributed by atoms with Crippen LogP contribution in [0.2, 0.25) is 0 Å². The minimum absolute atomic E-state index is 0.723. The number of rotatable bonds is 6. The van der Waals surface area contributed by atoms with Crippen molar-refractivity contribution in [3.8, 4) is 0 Å². The van der Waals surface area contributed by atoms with Crippen molar-refractivity contribution in [1.82, 2.24) is 0 Å². The molecular weight excluding hydrogens is 252 g/mol. The van der Waals surface area contributed by atoms with Crippen LogP contribution in [-0.4, -0.2) is 12.6 Å². The summed E-state index contributed by atoms with van der Waals surface area (Å²) in [6.45, 7) is 1.75. The fourth-order valence-electron chi connectivity index (χ4n) is 2.42. The average molecular weight is 272 g/mol. The Morgan fingerprint density at radius 1 is 1.11 bits per heavy atom. The van der Waals surface area contributed by atoms with Crippen molar-refractivity contribution in [1.29, 1.82) is 0 Å². The molecule has 1 saturated carbocycles. The van der Waals surface area contributed by atoms with Gasteiger partial charge < -0.3 is 10.6 Å². The number of anilines is 1. The van der Waals surface area contributed by atoms with E-state index in [0.29, 0.717) is 0 Å². The number of hydrogen-bond donors (Lipinski definition) is 1. The molecule has 1 aromatic carbocycles. The monoisotopic (exact) mass is 272 g/mol. The zero-order valence-electron chi connectivity index (χ0n) is 11.1. The molecule has 0 spiro atoms. The number of nitrogens with two attached hydrogens (primary N) is 1. The molecule has 0 saturated heterocycles. The summed E-state index contributed by atoms with van der Waals surface area (Å²) in [5, 5.41) is 4.41. The third kappa shape index (κ3) is 3.17. The first-order valence-electron chi connectivity index (χ1n) is 6.93. The van der Waals surface area contributed by atoms with E-state index >= 15 is 0 Å². The van der Waals surface area contributed by atoms with Gasteiger partial charge in [0.15, 0.2) is 0 Å². The Kier molecular flexibility index (Phi) is 3.85. The number of thiophene rings is 1. The predicted octanol–water partition coefficient (Wildman–Crippen LogP) is 3.42. The lowest BCUT2D eigenvalue weighted by molar-refractivity contribution is 0.796. The van der Waals surface area contributed by atoms with Crippen molar-refractivity contribution in [2.24, 2.45) is 5.73 Å². The highest BCUT2D eigenvalue weighted by Gasteiger charge is 2.29. The van der Waals surface area contributed by atoms with Crippen LogP contribution in [0.25, 0.3) is 0 Å². The second-order valence-corrected chi connectivity index (χ2v) is 5.98. The van der Waals surface area contributed by atoms with Crippen LogP contribution in [0.15, 0.2) is 41.1 Å². The van der Waals surface area contributed by atoms with Gasteiger partial charge in [-0.25, -0.2) is 0 Å². The molecule has 2 aromatic rings. The molecule has 3 rings (SSSR count). The van der Waals surface area contributed by atoms with Gasteiger partial charge in [0.2, 0.25) is 0 Å². The molecule has 2 N–H and O–H groups in total. The van der Waals surface area contributed by atoms with E-state index in [2.05, 4.69) is 46.0 Å². The van der Waals surface area contributed by atoms with E-state index in [4.69, 9.17) is 5.73 Å². The van der Waals surface area contributed by atoms with E-state index in [-0.39, 0.29) is 0 Å². The minimum Gasteiger partial charge on any atom is -0.364 e. The molecule has 1 aliphatic rings. The van der Waals surface area contributed by atoms with Crippen LogP contribution < -0.4 is 10.6 Å². The van der Waals surface area contributed by atoms with E-state index < -0.39 is 0 Å². The lowest BCUT2D eigenvalue weighted by Crippen LogP contribution is -2.24. The number of nitrogens with zero attached hydrogens (tertiary/aromatic N) is 1. The topological polar surface area (TPSA) is 29.3 Å². The second kappa shape index (κ2) is 5.76. The predicted molar refractivity (Wildman–Crippen MR) is 82.7 cm³/mol. The number of hydrogen-bond acceptors (Lipinski definition) is 3. The Balaban J connectivity index is 1.76. The van der Waals surface area contributed by atoms with Crippen LogP contribution in [0, 0.1) is 0 Å². The van der Waals surface area contributed by atoms with Gasteiger partial charge in [-0.1, -0.05) is 12.1 Å². The smallest absolute Gasteiger partial charge is 0.0440 e. The summed E-state index contributed by atoms with van der Waals surface area (Å²) in [6.07, 6.45) is 3.62. The van der Waals surface area contributed by atoms with Crippen molar-refractivity contribution >= 4 is 17.0 Å². The Hall–Kier alpha value is -1.32. The third-order valence-corrected chi connectivity index (χ3v) is 4.35. The highest BCUT2D eigenvalue weighted by molar-refractivity contribution is 7.07. The molecule has 1 heterocycles. The lowest BCUT2D eigenvalue weighted by Gasteiger charge is -2.24. The van der Waals surface area contributed by atoms with Crippen LogP contribution in [0.5, 0.6) is 0 Å². The molecule has 3 heteroatoms. The van der Waals surface area contributed by atoms with Gasteiger partial charge in [0, 0.05) is 18.3 Å². The molecule has 1 aliphatic carbocycles. The fourth-order valence-corrected chi connectivity index (χ4v) is 3.08. The van der Waals surface area contributed by atoms with E-state index in [1.54, 1.807) is 11.3 Å². The molecule has 1 fully saturated rings. The quantitative estimate of drug-likeness (QED) is 0.873. The molecule has 1 aromatic heterocycles. The van der Waals surface area contributed by atoms with Crippen LogP contribution >= 0.6 is 11.3 Å². The first-order valence-corrected chi connectivity index (χ1v) is 7.88. The van der Waals surface area contributed by atoms with Gasteiger partial charge in [0.1, 0.15) is 0 Å². The summed E-state index contributed by atoms with van der Waals surface area (Å²) in [4.78, 5) is 2.54. The Labute approximate surface area is 118 Å². The molecular formula is C16H20N2S. The van der Waals surface area contributed by atoms with E-state index in [1.165, 1.54) is 29.7 Å². The van der Waals surface area contributed by atoms with Crippen LogP contribution in [-0.2, 0) is 13.0 Å². The molecule has 2 nitrogen and oxygen atoms in total. The van der Waals surface area contributed by atoms with Crippen LogP contribution in [0.1, 0.15) is 24.0 Å². The lowest BCUT2D eigenvalue weighted by atomic mass is 10.1. The minimum atomic E-state index is 0.723. The Morgan fingerprint density at radius 2 is 1.89 bits per heavy atom. The Morgan fingerprint density at radius 3 is 2.47 bits per heavy atom. The van der Waals surface area contributed by atoms with Gasteiger partial charge in [-0.3, -0.25) is 0 Å². The molecule has 0 bridgehead atoms. The third-order valence-electron chi connectivity index (χ3n) is 3.62. The van der Waals surface area contributed by atoms with E-state index in [9.17, 15) is 0 Å². The fraction of sp³-hybridized carbons (Fsp3) is 0.375. The maximum atomic E-state index is 5.60. The van der Waals surface area contributed by atoms with Gasteiger partial charge in [-0.05, 0) is 65.9 Å². The average Bonchev–Trinajstić information content (AvgIpc) is 3.15. The first kappa shape index (κ1) is 12.7. The van der Waals surface area contributed by atoms with Crippen molar-refractivity contribution in [3.05, 3.63) is 52.2 Å². The standard InChI is InChI=1S/C16H20N2S/c17-9-7-13-1-3-15(4-2-13)18(16-5-6-16)11-14-8-10-19-12-14/h1-4,8,10,12,16H,5-7,9,11,17H2. The highest BCUT2D eigenvalue weighted by atomic mass is 32.1. The van der Waals surface area contributed by atoms with Gasteiger partial charge in [0.25, 0.3) is 0 Å². The summed E-state index contributed by atoms with van der Waals surface area (Å²) < 4.78 is 0. The zero-order valence-corrected chi connectivity index (χ0v) is 11.9. The molecule has 0 aliphatic heterocycles. The molecule has 0 amide bonds. The van der Waals surface area contributed by atoms with Crippen molar-refractivity contribution in [2.45, 2.75) is 31.8 Å². The highest BCUT2D eigenvalue weighted by Crippen LogP contribution is 2.33. The largest absolute Gasteiger partial charge is 0.364 e. The number of benzene rings is 1. The van der Waals surface area contributed by atoms with E-state index in [0.717, 1.165) is 25.6 Å².